The number of phenolic OH excluding ortho intramolecular Hbond substituents is 1. The van der Waals surface area contributed by atoms with Gasteiger partial charge in [0.15, 0.2) is 6.10 Å². The summed E-state index contributed by atoms with van der Waals surface area (Å²) in [7, 11) is 0. The van der Waals surface area contributed by atoms with E-state index < -0.39 is 18.0 Å². The lowest BCUT2D eigenvalue weighted by molar-refractivity contribution is -0.123. The number of phenols is 1. The lowest BCUT2D eigenvalue weighted by atomic mass is 10.1. The summed E-state index contributed by atoms with van der Waals surface area (Å²) in [4.78, 5) is 24.6. The maximum atomic E-state index is 12.4. The summed E-state index contributed by atoms with van der Waals surface area (Å²) in [5.74, 6) is -1.44. The molecular formula is C20H16BrNO4. The molecule has 132 valence electrons. The lowest BCUT2D eigenvalue weighted by Crippen LogP contribution is -2.30. The van der Waals surface area contributed by atoms with Crippen LogP contribution in [0.4, 0.5) is 5.69 Å². The number of nitrogens with one attached hydrogen (secondary N) is 1. The van der Waals surface area contributed by atoms with E-state index in [2.05, 4.69) is 21.2 Å². The molecule has 0 bridgehead atoms. The number of hydrogen-bond donors (Lipinski definition) is 2. The second-order valence-corrected chi connectivity index (χ2v) is 6.64. The summed E-state index contributed by atoms with van der Waals surface area (Å²) in [5.41, 5.74) is 0.630. The average Bonchev–Trinajstić information content (AvgIpc) is 2.63. The van der Waals surface area contributed by atoms with Gasteiger partial charge in [0, 0.05) is 15.5 Å². The zero-order valence-corrected chi connectivity index (χ0v) is 15.5. The number of ether oxygens (including phenoxy) is 1. The summed E-state index contributed by atoms with van der Waals surface area (Å²) < 4.78 is 5.81. The predicted octanol–water partition coefficient (Wildman–Crippen LogP) is 4.49. The number of carbonyl (C=O) groups is 2. The minimum atomic E-state index is -1.03. The molecule has 0 fully saturated rings. The third kappa shape index (κ3) is 3.86. The van der Waals surface area contributed by atoms with E-state index in [1.165, 1.54) is 19.1 Å². The number of aromatic hydroxyl groups is 1. The minimum absolute atomic E-state index is 0.0100. The van der Waals surface area contributed by atoms with Crippen molar-refractivity contribution in [1.29, 1.82) is 0 Å². The summed E-state index contributed by atoms with van der Waals surface area (Å²) in [5, 5.41) is 14.5. The van der Waals surface area contributed by atoms with Gasteiger partial charge in [-0.05, 0) is 36.6 Å². The van der Waals surface area contributed by atoms with Gasteiger partial charge in [-0.3, -0.25) is 4.79 Å². The van der Waals surface area contributed by atoms with Gasteiger partial charge in [0.2, 0.25) is 0 Å². The largest absolute Gasteiger partial charge is 0.507 e. The van der Waals surface area contributed by atoms with E-state index in [-0.39, 0.29) is 11.3 Å². The van der Waals surface area contributed by atoms with Gasteiger partial charge in [-0.15, -0.1) is 0 Å². The number of carbonyl (C=O) groups excluding carboxylic acids is 2. The first kappa shape index (κ1) is 17.9. The molecule has 0 heterocycles. The molecule has 3 aromatic rings. The average molecular weight is 414 g/mol. The van der Waals surface area contributed by atoms with Crippen molar-refractivity contribution in [3.63, 3.8) is 0 Å². The number of hydrogen-bond acceptors (Lipinski definition) is 4. The molecule has 0 spiro atoms. The van der Waals surface area contributed by atoms with Crippen LogP contribution >= 0.6 is 15.9 Å². The number of amides is 1. The van der Waals surface area contributed by atoms with Crippen LogP contribution in [0.3, 0.4) is 0 Å². The third-order valence-corrected chi connectivity index (χ3v) is 4.37. The fourth-order valence-corrected chi connectivity index (χ4v) is 2.88. The second-order valence-electron chi connectivity index (χ2n) is 5.72. The topological polar surface area (TPSA) is 75.6 Å². The smallest absolute Gasteiger partial charge is 0.342 e. The zero-order valence-electron chi connectivity index (χ0n) is 13.9. The number of fused-ring (bicyclic) bond motifs is 1. The fraction of sp³-hybridized carbons (Fsp3) is 0.100. The van der Waals surface area contributed by atoms with Crippen molar-refractivity contribution in [1.82, 2.24) is 0 Å². The van der Waals surface area contributed by atoms with Crippen LogP contribution in [0.25, 0.3) is 10.8 Å². The first-order valence-electron chi connectivity index (χ1n) is 7.94. The van der Waals surface area contributed by atoms with Crippen LogP contribution in [0.5, 0.6) is 5.75 Å². The Morgan fingerprint density at radius 2 is 1.81 bits per heavy atom. The van der Waals surface area contributed by atoms with Gasteiger partial charge in [0.25, 0.3) is 5.91 Å². The van der Waals surface area contributed by atoms with Crippen molar-refractivity contribution in [2.45, 2.75) is 13.0 Å². The van der Waals surface area contributed by atoms with E-state index in [1.807, 2.05) is 36.4 Å². The molecule has 0 aliphatic carbocycles. The molecule has 1 atom stereocenters. The Labute approximate surface area is 158 Å². The molecule has 0 saturated heterocycles. The normalized spacial score (nSPS) is 11.8. The monoisotopic (exact) mass is 413 g/mol. The summed E-state index contributed by atoms with van der Waals surface area (Å²) in [6.07, 6.45) is -1.03. The Hall–Kier alpha value is -2.86. The van der Waals surface area contributed by atoms with Crippen molar-refractivity contribution in [3.8, 4) is 5.75 Å². The SMILES string of the molecule is C[C@@H](OC(=O)c1cc(Br)ccc1O)C(=O)Nc1cccc2ccccc12. The minimum Gasteiger partial charge on any atom is -0.507 e. The van der Waals surface area contributed by atoms with Crippen LogP contribution < -0.4 is 5.32 Å². The van der Waals surface area contributed by atoms with E-state index in [4.69, 9.17) is 4.74 Å². The van der Waals surface area contributed by atoms with Crippen molar-refractivity contribution in [2.75, 3.05) is 5.32 Å². The molecule has 0 aliphatic heterocycles. The number of halogens is 1. The molecule has 3 aromatic carbocycles. The Morgan fingerprint density at radius 1 is 1.08 bits per heavy atom. The van der Waals surface area contributed by atoms with E-state index in [1.54, 1.807) is 12.1 Å². The summed E-state index contributed by atoms with van der Waals surface area (Å²) >= 11 is 3.23. The van der Waals surface area contributed by atoms with Gasteiger partial charge in [-0.2, -0.15) is 0 Å². The van der Waals surface area contributed by atoms with Gasteiger partial charge >= 0.3 is 5.97 Å². The molecule has 6 heteroatoms. The molecule has 0 aromatic heterocycles. The van der Waals surface area contributed by atoms with Crippen molar-refractivity contribution in [2.24, 2.45) is 0 Å². The molecule has 2 N–H and O–H groups in total. The fourth-order valence-electron chi connectivity index (χ4n) is 2.52. The first-order chi connectivity index (χ1) is 12.5. The van der Waals surface area contributed by atoms with E-state index in [0.717, 1.165) is 10.8 Å². The molecular weight excluding hydrogens is 398 g/mol. The Bertz CT molecular complexity index is 981. The number of esters is 1. The standard InChI is InChI=1S/C20H16BrNO4/c1-12(26-20(25)16-11-14(21)9-10-18(16)23)19(24)22-17-8-4-6-13-5-2-3-7-15(13)17/h2-12,23H,1H3,(H,22,24)/t12-/m1/s1. The molecule has 1 amide bonds. The van der Waals surface area contributed by atoms with Crippen LogP contribution in [-0.4, -0.2) is 23.1 Å². The Kier molecular flexibility index (Phi) is 5.23. The van der Waals surface area contributed by atoms with Crippen LogP contribution in [0, 0.1) is 0 Å². The van der Waals surface area contributed by atoms with Crippen LogP contribution in [0.15, 0.2) is 65.1 Å². The second kappa shape index (κ2) is 7.58. The third-order valence-electron chi connectivity index (χ3n) is 3.88. The van der Waals surface area contributed by atoms with Crippen LogP contribution in [0.2, 0.25) is 0 Å². The van der Waals surface area contributed by atoms with Gasteiger partial charge in [-0.25, -0.2) is 4.79 Å². The van der Waals surface area contributed by atoms with E-state index in [0.29, 0.717) is 10.2 Å². The van der Waals surface area contributed by atoms with Crippen molar-refractivity contribution in [3.05, 3.63) is 70.7 Å². The van der Waals surface area contributed by atoms with Gasteiger partial charge in [-0.1, -0.05) is 52.3 Å². The molecule has 0 aliphatic rings. The van der Waals surface area contributed by atoms with Gasteiger partial charge in [0.05, 0.1) is 0 Å². The van der Waals surface area contributed by atoms with Crippen molar-refractivity contribution < 1.29 is 19.4 Å². The summed E-state index contributed by atoms with van der Waals surface area (Å²) in [6.45, 7) is 1.48. The van der Waals surface area contributed by atoms with E-state index in [9.17, 15) is 14.7 Å². The van der Waals surface area contributed by atoms with Crippen LogP contribution in [-0.2, 0) is 9.53 Å². The number of rotatable bonds is 4. The highest BCUT2D eigenvalue weighted by molar-refractivity contribution is 9.10. The molecule has 5 nitrogen and oxygen atoms in total. The highest BCUT2D eigenvalue weighted by Gasteiger charge is 2.21. The van der Waals surface area contributed by atoms with Crippen molar-refractivity contribution >= 4 is 44.3 Å². The number of benzene rings is 3. The maximum absolute atomic E-state index is 12.4. The Morgan fingerprint density at radius 3 is 2.62 bits per heavy atom. The lowest BCUT2D eigenvalue weighted by Gasteiger charge is -2.15. The molecule has 0 unspecified atom stereocenters. The van der Waals surface area contributed by atoms with Crippen LogP contribution in [0.1, 0.15) is 17.3 Å². The number of anilines is 1. The Balaban J connectivity index is 1.73. The van der Waals surface area contributed by atoms with E-state index >= 15 is 0 Å². The predicted molar refractivity (Wildman–Crippen MR) is 103 cm³/mol. The highest BCUT2D eigenvalue weighted by atomic mass is 79.9. The quantitative estimate of drug-likeness (QED) is 0.617. The first-order valence-corrected chi connectivity index (χ1v) is 8.73. The summed E-state index contributed by atoms with van der Waals surface area (Å²) in [6, 6.07) is 17.6. The van der Waals surface area contributed by atoms with Gasteiger partial charge in [0.1, 0.15) is 11.3 Å². The zero-order chi connectivity index (χ0) is 18.7. The molecule has 3 rings (SSSR count). The van der Waals surface area contributed by atoms with Gasteiger partial charge < -0.3 is 15.2 Å². The molecule has 0 radical (unpaired) electrons. The molecule has 26 heavy (non-hydrogen) atoms. The maximum Gasteiger partial charge on any atom is 0.342 e. The highest BCUT2D eigenvalue weighted by Crippen LogP contribution is 2.25. The molecule has 0 saturated carbocycles.